The Bertz CT molecular complexity index is 2720. The molecule has 29 nitrogen and oxygen atoms in total. The predicted octanol–water partition coefficient (Wildman–Crippen LogP) is 4.08. The van der Waals surface area contributed by atoms with Gasteiger partial charge in [0, 0.05) is 60.1 Å². The molecule has 0 bridgehead atoms. The van der Waals surface area contributed by atoms with Gasteiger partial charge in [-0.15, -0.1) is 0 Å². The van der Waals surface area contributed by atoms with Crippen LogP contribution < -0.4 is 37.6 Å². The third-order valence-corrected chi connectivity index (χ3v) is 17.3. The van der Waals surface area contributed by atoms with Crippen molar-refractivity contribution in [2.45, 2.75) is 168 Å². The Morgan fingerprint density at radius 2 is 1.25 bits per heavy atom. The number of nitrogens with two attached hydrogens (primary N) is 1. The molecule has 99 heavy (non-hydrogen) atoms. The summed E-state index contributed by atoms with van der Waals surface area (Å²) < 4.78 is 50.2. The van der Waals surface area contributed by atoms with Crippen LogP contribution >= 0.6 is 0 Å². The minimum absolute atomic E-state index is 0.0374. The highest BCUT2D eigenvalue weighted by Gasteiger charge is 2.43. The maximum absolute atomic E-state index is 14.3. The van der Waals surface area contributed by atoms with Crippen LogP contribution in [0, 0.1) is 23.7 Å². The summed E-state index contributed by atoms with van der Waals surface area (Å²) in [6.07, 6.45) is -1.04. The first-order chi connectivity index (χ1) is 47.3. The number of likely N-dealkylation sites (N-methyl/N-ethyl adjacent to an activating group) is 2. The number of ether oxygens (including phenoxy) is 9. The van der Waals surface area contributed by atoms with Crippen molar-refractivity contribution in [3.63, 3.8) is 0 Å². The van der Waals surface area contributed by atoms with Gasteiger partial charge in [-0.1, -0.05) is 97.4 Å². The van der Waals surface area contributed by atoms with E-state index in [-0.39, 0.29) is 82.3 Å². The van der Waals surface area contributed by atoms with Crippen LogP contribution in [0.25, 0.3) is 0 Å². The number of hydrogen-bond acceptors (Lipinski definition) is 19. The Labute approximate surface area is 585 Å². The van der Waals surface area contributed by atoms with Crippen LogP contribution in [0.5, 0.6) is 0 Å². The number of nitrogens with zero attached hydrogens (tertiary/aromatic N) is 3. The largest absolute Gasteiger partial charge is 0.445 e. The van der Waals surface area contributed by atoms with Gasteiger partial charge >= 0.3 is 12.1 Å². The lowest BCUT2D eigenvalue weighted by Crippen LogP contribution is -2.56. The highest BCUT2D eigenvalue weighted by Crippen LogP contribution is 2.30. The van der Waals surface area contributed by atoms with E-state index in [9.17, 15) is 48.3 Å². The zero-order valence-electron chi connectivity index (χ0n) is 60.7. The maximum Gasteiger partial charge on any atom is 0.410 e. The second-order valence-corrected chi connectivity index (χ2v) is 25.3. The Hall–Kier alpha value is -7.09. The van der Waals surface area contributed by atoms with Crippen LogP contribution in [0.4, 0.5) is 15.3 Å². The molecule has 0 spiro atoms. The normalized spacial score (nSPS) is 16.0. The summed E-state index contributed by atoms with van der Waals surface area (Å²) >= 11 is 0. The summed E-state index contributed by atoms with van der Waals surface area (Å²) in [5.74, 6) is -4.87. The summed E-state index contributed by atoms with van der Waals surface area (Å²) in [7, 11) is 6.02. The molecule has 0 aliphatic carbocycles. The first-order valence-corrected chi connectivity index (χ1v) is 34.6. The average Bonchev–Trinajstić information content (AvgIpc) is 1.80. The Kier molecular flexibility index (Phi) is 41.6. The predicted molar refractivity (Wildman–Crippen MR) is 371 cm³/mol. The van der Waals surface area contributed by atoms with Gasteiger partial charge in [0.25, 0.3) is 0 Å². The van der Waals surface area contributed by atoms with Gasteiger partial charge in [-0.25, -0.2) is 9.59 Å². The molecule has 11 atom stereocenters. The highest BCUT2D eigenvalue weighted by atomic mass is 16.6. The fourth-order valence-corrected chi connectivity index (χ4v) is 11.5. The van der Waals surface area contributed by atoms with Crippen molar-refractivity contribution in [1.29, 1.82) is 0 Å². The maximum atomic E-state index is 14.3. The monoisotopic (exact) mass is 1400 g/mol. The van der Waals surface area contributed by atoms with E-state index in [1.165, 1.54) is 26.2 Å². The average molecular weight is 1400 g/mol. The van der Waals surface area contributed by atoms with E-state index < -0.39 is 115 Å². The van der Waals surface area contributed by atoms with Gasteiger partial charge in [0.15, 0.2) is 0 Å². The summed E-state index contributed by atoms with van der Waals surface area (Å²) in [4.78, 5) is 126. The van der Waals surface area contributed by atoms with Crippen molar-refractivity contribution in [1.82, 2.24) is 41.3 Å². The zero-order chi connectivity index (χ0) is 73.4. The fourth-order valence-electron chi connectivity index (χ4n) is 11.5. The molecule has 1 heterocycles. The lowest BCUT2D eigenvalue weighted by molar-refractivity contribution is -0.146. The van der Waals surface area contributed by atoms with Crippen LogP contribution in [0.15, 0.2) is 54.6 Å². The molecule has 560 valence electrons. The molecule has 0 radical (unpaired) electrons. The number of carbonyl (C=O) groups is 9. The number of urea groups is 1. The third kappa shape index (κ3) is 31.1. The number of hydrogen-bond donors (Lipinski definition) is 8. The lowest BCUT2D eigenvalue weighted by Gasteiger charge is -2.39. The summed E-state index contributed by atoms with van der Waals surface area (Å²) in [6, 6.07) is 9.88. The fraction of sp³-hybridized carbons (Fsp3) is 0.700. The highest BCUT2D eigenvalue weighted by molar-refractivity contribution is 5.98. The molecule has 1 aliphatic heterocycles. The van der Waals surface area contributed by atoms with Crippen molar-refractivity contribution in [2.75, 3.05) is 133 Å². The first-order valence-electron chi connectivity index (χ1n) is 34.6. The van der Waals surface area contributed by atoms with Crippen molar-refractivity contribution >= 4 is 59.2 Å². The van der Waals surface area contributed by atoms with E-state index in [2.05, 4.69) is 31.9 Å². The number of rotatable bonds is 50. The smallest absolute Gasteiger partial charge is 0.410 e. The molecule has 1 saturated heterocycles. The number of carbonyl (C=O) groups excluding carboxylic acids is 9. The van der Waals surface area contributed by atoms with E-state index in [0.29, 0.717) is 102 Å². The zero-order valence-corrected chi connectivity index (χ0v) is 60.7. The second kappa shape index (κ2) is 47.9. The van der Waals surface area contributed by atoms with Crippen LogP contribution in [0.3, 0.4) is 0 Å². The van der Waals surface area contributed by atoms with Crippen molar-refractivity contribution in [3.05, 3.63) is 65.7 Å². The molecular weight excluding hydrogens is 1280 g/mol. The summed E-state index contributed by atoms with van der Waals surface area (Å²) in [5, 5.41) is 27.3. The number of aliphatic hydroxyl groups is 1. The number of primary amides is 1. The summed E-state index contributed by atoms with van der Waals surface area (Å²) in [5.41, 5.74) is 6.79. The van der Waals surface area contributed by atoms with Gasteiger partial charge in [-0.2, -0.15) is 0 Å². The lowest BCUT2D eigenvalue weighted by atomic mass is 9.90. The standard InChI is InChI=1S/C70H116N10O19/c1-14-48(7)62(56(91-12)43-58(82)80-31-20-24-55(80)64(92-13)49(8)65(85)74-50(9)63(84)52-21-17-16-18-22-52)78(10)59(83)44-73-68(88)61(47(5)6)79(11)70(90)99-45-51-25-27-53(28-26-51)75-66(86)54(23-19-30-72-69(71)89)76-67(87)60(46(3)4)77-57(81)29-32-94-35-36-96-39-40-98-42-41-97-38-37-95-34-33-93-15-2/h16-18,21-22,25-28,46-50,54-56,60-64,84H,14-15,19-20,23-24,29-45H2,1-13H3,(H,73,88)(H,74,85)(H,75,86)(H,76,87)(H,77,81)(H3,71,72,89)/t48-,49+,50+,54?,55-,56+,60?,61-,62-,63?,64+/m0/s1. The Morgan fingerprint density at radius 1 is 0.667 bits per heavy atom. The van der Waals surface area contributed by atoms with Gasteiger partial charge in [0.2, 0.25) is 41.4 Å². The van der Waals surface area contributed by atoms with Gasteiger partial charge in [0.1, 0.15) is 24.7 Å². The van der Waals surface area contributed by atoms with Gasteiger partial charge in [-0.05, 0) is 80.5 Å². The third-order valence-electron chi connectivity index (χ3n) is 17.3. The number of aliphatic hydroxyl groups excluding tert-OH is 1. The number of nitrogens with one attached hydrogen (secondary N) is 6. The Balaban J connectivity index is 1.53. The minimum atomic E-state index is -1.11. The second-order valence-electron chi connectivity index (χ2n) is 25.3. The molecule has 1 fully saturated rings. The number of likely N-dealkylation sites (tertiary alicyclic amines) is 1. The molecule has 0 saturated carbocycles. The topological polar surface area (TPSA) is 365 Å². The van der Waals surface area contributed by atoms with E-state index >= 15 is 0 Å². The van der Waals surface area contributed by atoms with Gasteiger partial charge in [-0.3, -0.25) is 38.5 Å². The van der Waals surface area contributed by atoms with Crippen LogP contribution in [0.1, 0.15) is 124 Å². The molecule has 2 aromatic carbocycles. The molecule has 0 aromatic heterocycles. The van der Waals surface area contributed by atoms with Crippen molar-refractivity contribution in [3.8, 4) is 0 Å². The molecule has 3 unspecified atom stereocenters. The molecule has 9 N–H and O–H groups in total. The summed E-state index contributed by atoms with van der Waals surface area (Å²) in [6.45, 7) is 21.1. The number of methoxy groups -OCH3 is 2. The van der Waals surface area contributed by atoms with Crippen molar-refractivity contribution < 1.29 is 90.9 Å². The van der Waals surface area contributed by atoms with Crippen molar-refractivity contribution in [2.24, 2.45) is 29.4 Å². The van der Waals surface area contributed by atoms with Gasteiger partial charge < -0.3 is 95.2 Å². The molecule has 29 heteroatoms. The molecule has 1 aliphatic rings. The van der Waals surface area contributed by atoms with E-state index in [4.69, 9.17) is 48.4 Å². The Morgan fingerprint density at radius 3 is 1.79 bits per heavy atom. The van der Waals surface area contributed by atoms with Crippen LogP contribution in [-0.4, -0.2) is 249 Å². The molecule has 10 amide bonds. The van der Waals surface area contributed by atoms with Crippen LogP contribution in [-0.2, 0) is 82.8 Å². The SMILES string of the molecule is CCOCCOCCOCCOCCOCCOCCC(=O)NC(C(=O)NC(CCCNC(N)=O)C(=O)Nc1ccc(COC(=O)N(C)[C@H](C(=O)NCC(=O)N(C)[C@@H]([C@@H](C)CC)[C@@H](CC(=O)N2CCC[C@H]2[C@H](OC)[C@@H](C)C(=O)N[C@H](C)C(O)c2ccccc2)OC)C(C)C)cc1)C(C)C. The van der Waals surface area contributed by atoms with Gasteiger partial charge in [0.05, 0.1) is 128 Å². The minimum Gasteiger partial charge on any atom is -0.445 e. The number of amides is 10. The quantitative estimate of drug-likeness (QED) is 0.0433. The first kappa shape index (κ1) is 86.1. The molecule has 3 rings (SSSR count). The van der Waals surface area contributed by atoms with E-state index in [1.54, 1.807) is 89.9 Å². The van der Waals surface area contributed by atoms with E-state index in [1.807, 2.05) is 39.0 Å². The van der Waals surface area contributed by atoms with E-state index in [0.717, 1.165) is 4.90 Å². The van der Waals surface area contributed by atoms with Crippen LogP contribution in [0.2, 0.25) is 0 Å². The number of benzene rings is 2. The number of anilines is 1. The molecule has 2 aromatic rings. The molecular formula is C70H116N10O19.